The van der Waals surface area contributed by atoms with Crippen molar-refractivity contribution in [1.29, 1.82) is 0 Å². The lowest BCUT2D eigenvalue weighted by molar-refractivity contribution is 0.108. The summed E-state index contributed by atoms with van der Waals surface area (Å²) in [6.45, 7) is 3.95. The molecule has 0 radical (unpaired) electrons. The number of hydrogen-bond acceptors (Lipinski definition) is 3. The average molecular weight is 306 g/mol. The smallest absolute Gasteiger partial charge is 0.409 e. The third-order valence-corrected chi connectivity index (χ3v) is 5.10. The fourth-order valence-corrected chi connectivity index (χ4v) is 4.40. The highest BCUT2D eigenvalue weighted by molar-refractivity contribution is 9.14. The van der Waals surface area contributed by atoms with Gasteiger partial charge in [-0.3, -0.25) is 0 Å². The molecule has 2 unspecified atom stereocenters. The van der Waals surface area contributed by atoms with Gasteiger partial charge in [-0.15, -0.1) is 11.8 Å². The minimum Gasteiger partial charge on any atom is -0.450 e. The first-order valence-corrected chi connectivity index (χ1v) is 7.33. The van der Waals surface area contributed by atoms with E-state index in [0.717, 1.165) is 25.9 Å². The molecule has 0 aliphatic carbocycles. The van der Waals surface area contributed by atoms with E-state index in [-0.39, 0.29) is 6.09 Å². The van der Waals surface area contributed by atoms with E-state index in [1.807, 2.05) is 23.6 Å². The quantitative estimate of drug-likeness (QED) is 0.745. The molecule has 0 saturated carbocycles. The van der Waals surface area contributed by atoms with Crippen molar-refractivity contribution >= 4 is 33.8 Å². The summed E-state index contributed by atoms with van der Waals surface area (Å²) in [5.41, 5.74) is 0. The van der Waals surface area contributed by atoms with Crippen molar-refractivity contribution in [3.63, 3.8) is 0 Å². The van der Waals surface area contributed by atoms with Gasteiger partial charge in [-0.25, -0.2) is 4.79 Å². The number of amides is 1. The lowest BCUT2D eigenvalue weighted by Gasteiger charge is -2.19. The predicted molar refractivity (Wildman–Crippen MR) is 69.7 cm³/mol. The van der Waals surface area contributed by atoms with Crippen LogP contribution in [0, 0.1) is 5.92 Å². The first-order valence-electron chi connectivity index (χ1n) is 5.66. The molecule has 2 rings (SSSR count). The number of fused-ring (bicyclic) bond motifs is 1. The van der Waals surface area contributed by atoms with E-state index >= 15 is 0 Å². The molecule has 0 N–H and O–H groups in total. The Morgan fingerprint density at radius 2 is 2.38 bits per heavy atom. The lowest BCUT2D eigenvalue weighted by Crippen LogP contribution is -2.32. The van der Waals surface area contributed by atoms with Gasteiger partial charge in [0.25, 0.3) is 0 Å². The van der Waals surface area contributed by atoms with Gasteiger partial charge in [0, 0.05) is 22.2 Å². The van der Waals surface area contributed by atoms with E-state index in [4.69, 9.17) is 4.74 Å². The summed E-state index contributed by atoms with van der Waals surface area (Å²) in [6.07, 6.45) is 4.23. The second-order valence-corrected chi connectivity index (χ2v) is 6.71. The summed E-state index contributed by atoms with van der Waals surface area (Å²) in [7, 11) is 0. The molecule has 0 spiro atoms. The normalized spacial score (nSPS) is 29.4. The number of halogens is 1. The van der Waals surface area contributed by atoms with E-state index in [1.54, 1.807) is 0 Å². The molecular weight excluding hydrogens is 290 g/mol. The molecule has 1 saturated heterocycles. The minimum absolute atomic E-state index is 0.157. The summed E-state index contributed by atoms with van der Waals surface area (Å²) < 4.78 is 6.29. The molecule has 1 amide bonds. The van der Waals surface area contributed by atoms with E-state index in [0.29, 0.717) is 17.8 Å². The van der Waals surface area contributed by atoms with E-state index in [2.05, 4.69) is 22.0 Å². The van der Waals surface area contributed by atoms with Crippen LogP contribution < -0.4 is 0 Å². The molecule has 2 aliphatic heterocycles. The van der Waals surface area contributed by atoms with Gasteiger partial charge in [-0.2, -0.15) is 0 Å². The number of allylic oxidation sites excluding steroid dienone is 1. The highest BCUT2D eigenvalue weighted by Gasteiger charge is 2.32. The van der Waals surface area contributed by atoms with Crippen LogP contribution in [-0.4, -0.2) is 35.9 Å². The fourth-order valence-electron chi connectivity index (χ4n) is 2.19. The summed E-state index contributed by atoms with van der Waals surface area (Å²) in [5.74, 6) is 0.610. The Bertz CT molecular complexity index is 308. The summed E-state index contributed by atoms with van der Waals surface area (Å²) in [6, 6.07) is 0. The van der Waals surface area contributed by atoms with Gasteiger partial charge in [0.2, 0.25) is 0 Å². The second kappa shape index (κ2) is 5.45. The number of nitrogens with zero attached hydrogens (tertiary/aromatic N) is 1. The highest BCUT2D eigenvalue weighted by Crippen LogP contribution is 2.44. The van der Waals surface area contributed by atoms with Crippen LogP contribution in [0.5, 0.6) is 0 Å². The number of ether oxygens (including phenoxy) is 1. The zero-order valence-corrected chi connectivity index (χ0v) is 11.7. The molecule has 0 aromatic heterocycles. The minimum atomic E-state index is -0.157. The monoisotopic (exact) mass is 305 g/mol. The third-order valence-electron chi connectivity index (χ3n) is 3.03. The lowest BCUT2D eigenvalue weighted by atomic mass is 10.0. The molecule has 2 atom stereocenters. The molecule has 2 aliphatic rings. The summed E-state index contributed by atoms with van der Waals surface area (Å²) in [4.78, 5) is 13.4. The van der Waals surface area contributed by atoms with E-state index < -0.39 is 0 Å². The van der Waals surface area contributed by atoms with Gasteiger partial charge >= 0.3 is 6.09 Å². The number of thioether (sulfide) groups is 1. The van der Waals surface area contributed by atoms with Crippen LogP contribution in [-0.2, 0) is 4.74 Å². The van der Waals surface area contributed by atoms with Crippen LogP contribution in [0.3, 0.4) is 0 Å². The van der Waals surface area contributed by atoms with Crippen LogP contribution in [0.1, 0.15) is 19.8 Å². The first-order chi connectivity index (χ1) is 7.70. The highest BCUT2D eigenvalue weighted by atomic mass is 79.9. The molecule has 0 aromatic carbocycles. The molecule has 5 heteroatoms. The van der Waals surface area contributed by atoms with Gasteiger partial charge in [-0.05, 0) is 41.6 Å². The van der Waals surface area contributed by atoms with Crippen LogP contribution in [0.4, 0.5) is 4.79 Å². The molecule has 2 heterocycles. The fraction of sp³-hybridized carbons (Fsp3) is 0.727. The van der Waals surface area contributed by atoms with Crippen LogP contribution >= 0.6 is 27.7 Å². The molecule has 90 valence electrons. The van der Waals surface area contributed by atoms with Crippen molar-refractivity contribution in [3.8, 4) is 0 Å². The maximum atomic E-state index is 11.6. The largest absolute Gasteiger partial charge is 0.450 e. The zero-order valence-electron chi connectivity index (χ0n) is 9.32. The Balaban J connectivity index is 1.92. The zero-order chi connectivity index (χ0) is 11.5. The maximum Gasteiger partial charge on any atom is 0.409 e. The topological polar surface area (TPSA) is 29.5 Å². The molecule has 16 heavy (non-hydrogen) atoms. The molecule has 0 aromatic rings. The molecule has 3 nitrogen and oxygen atoms in total. The van der Waals surface area contributed by atoms with Crippen molar-refractivity contribution in [2.45, 2.75) is 25.0 Å². The predicted octanol–water partition coefficient (Wildman–Crippen LogP) is 3.21. The van der Waals surface area contributed by atoms with Gasteiger partial charge in [0.1, 0.15) is 0 Å². The van der Waals surface area contributed by atoms with Crippen LogP contribution in [0.15, 0.2) is 9.89 Å². The Morgan fingerprint density at radius 3 is 3.12 bits per heavy atom. The Labute approximate surface area is 109 Å². The van der Waals surface area contributed by atoms with Gasteiger partial charge < -0.3 is 9.64 Å². The van der Waals surface area contributed by atoms with E-state index in [1.165, 1.54) is 3.81 Å². The SMILES string of the molecule is CCOC(=O)N1CCC2C=C(Br)SC2CC1. The number of carbonyl (C=O) groups excluding carboxylic acids is 1. The molecular formula is C11H16BrNO2S. The average Bonchev–Trinajstić information content (AvgIpc) is 2.48. The number of carbonyl (C=O) groups is 1. The van der Waals surface area contributed by atoms with Gasteiger partial charge in [0.05, 0.1) is 6.61 Å². The van der Waals surface area contributed by atoms with Crippen molar-refractivity contribution in [1.82, 2.24) is 4.90 Å². The number of hydrogen-bond donors (Lipinski definition) is 0. The van der Waals surface area contributed by atoms with Gasteiger partial charge in [0.15, 0.2) is 0 Å². The Hall–Kier alpha value is -0.160. The van der Waals surface area contributed by atoms with E-state index in [9.17, 15) is 4.79 Å². The second-order valence-electron chi connectivity index (χ2n) is 4.05. The maximum absolute atomic E-state index is 11.6. The molecule has 1 fully saturated rings. The van der Waals surface area contributed by atoms with Crippen molar-refractivity contribution in [2.75, 3.05) is 19.7 Å². The van der Waals surface area contributed by atoms with Crippen LogP contribution in [0.25, 0.3) is 0 Å². The Kier molecular flexibility index (Phi) is 4.19. The van der Waals surface area contributed by atoms with Crippen molar-refractivity contribution in [3.05, 3.63) is 9.89 Å². The summed E-state index contributed by atoms with van der Waals surface area (Å²) in [5, 5.41) is 0.633. The summed E-state index contributed by atoms with van der Waals surface area (Å²) >= 11 is 5.43. The molecule has 0 bridgehead atoms. The van der Waals surface area contributed by atoms with Crippen molar-refractivity contribution in [2.24, 2.45) is 5.92 Å². The first kappa shape index (κ1) is 12.3. The number of rotatable bonds is 1. The van der Waals surface area contributed by atoms with Crippen molar-refractivity contribution < 1.29 is 9.53 Å². The third kappa shape index (κ3) is 2.74. The van der Waals surface area contributed by atoms with Crippen LogP contribution in [0.2, 0.25) is 0 Å². The van der Waals surface area contributed by atoms with Gasteiger partial charge in [-0.1, -0.05) is 6.08 Å². The number of likely N-dealkylation sites (tertiary alicyclic amines) is 1. The Morgan fingerprint density at radius 1 is 1.62 bits per heavy atom. The standard InChI is InChI=1S/C11H16BrNO2S/c1-2-15-11(14)13-5-3-8-7-10(12)16-9(8)4-6-13/h7-9H,2-6H2,1H3.